The van der Waals surface area contributed by atoms with Crippen molar-refractivity contribution in [2.45, 2.75) is 71.4 Å². The second-order valence-electron chi connectivity index (χ2n) is 4.96. The van der Waals surface area contributed by atoms with Gasteiger partial charge in [-0.05, 0) is 37.9 Å². The van der Waals surface area contributed by atoms with Gasteiger partial charge in [-0.25, -0.2) is 0 Å². The van der Waals surface area contributed by atoms with Gasteiger partial charge in [0.2, 0.25) is 0 Å². The van der Waals surface area contributed by atoms with Gasteiger partial charge in [-0.1, -0.05) is 39.5 Å². The molecule has 94 valence electrons. The van der Waals surface area contributed by atoms with Crippen LogP contribution in [0.1, 0.15) is 59.3 Å². The monoisotopic (exact) mass is 242 g/mol. The molecule has 0 aromatic carbocycles. The van der Waals surface area contributed by atoms with Crippen molar-refractivity contribution in [3.05, 3.63) is 0 Å². The Kier molecular flexibility index (Phi) is 6.10. The molecule has 2 N–H and O–H groups in total. The molecule has 1 aliphatic carbocycles. The smallest absolute Gasteiger partial charge is 0.166 e. The van der Waals surface area contributed by atoms with Crippen LogP contribution in [0.25, 0.3) is 0 Å². The maximum Gasteiger partial charge on any atom is 0.166 e. The minimum absolute atomic E-state index is 0.483. The van der Waals surface area contributed by atoms with E-state index in [0.29, 0.717) is 12.1 Å². The van der Waals surface area contributed by atoms with Crippen molar-refractivity contribution in [2.75, 3.05) is 0 Å². The minimum Gasteiger partial charge on any atom is -0.360 e. The lowest BCUT2D eigenvalue weighted by Gasteiger charge is -2.25. The third-order valence-corrected chi connectivity index (χ3v) is 4.04. The zero-order valence-corrected chi connectivity index (χ0v) is 11.7. The normalized spacial score (nSPS) is 18.8. The van der Waals surface area contributed by atoms with Gasteiger partial charge in [0, 0.05) is 12.1 Å². The highest BCUT2D eigenvalue weighted by molar-refractivity contribution is 7.80. The van der Waals surface area contributed by atoms with Crippen LogP contribution in [0.4, 0.5) is 0 Å². The van der Waals surface area contributed by atoms with Crippen LogP contribution in [0.3, 0.4) is 0 Å². The third-order valence-electron chi connectivity index (χ3n) is 3.81. The van der Waals surface area contributed by atoms with Crippen molar-refractivity contribution >= 4 is 17.3 Å². The van der Waals surface area contributed by atoms with E-state index in [9.17, 15) is 0 Å². The Balaban J connectivity index is 2.26. The molecule has 3 heteroatoms. The Morgan fingerprint density at radius 2 is 1.81 bits per heavy atom. The van der Waals surface area contributed by atoms with Crippen LogP contribution >= 0.6 is 12.2 Å². The number of nitrogens with one attached hydrogen (secondary N) is 2. The number of rotatable bonds is 5. The van der Waals surface area contributed by atoms with Crippen molar-refractivity contribution in [3.8, 4) is 0 Å². The summed E-state index contributed by atoms with van der Waals surface area (Å²) in [4.78, 5) is 0. The van der Waals surface area contributed by atoms with Crippen molar-refractivity contribution < 1.29 is 0 Å². The SMILES string of the molecule is CCC(CC)C(C)NC(=S)NC1CCCC1. The average molecular weight is 242 g/mol. The molecule has 0 aromatic heterocycles. The molecular weight excluding hydrogens is 216 g/mol. The van der Waals surface area contributed by atoms with Crippen molar-refractivity contribution in [1.82, 2.24) is 10.6 Å². The van der Waals surface area contributed by atoms with Crippen LogP contribution in [-0.4, -0.2) is 17.2 Å². The molecular formula is C13H26N2S. The summed E-state index contributed by atoms with van der Waals surface area (Å²) in [5.74, 6) is 0.725. The minimum atomic E-state index is 0.483. The Morgan fingerprint density at radius 1 is 1.25 bits per heavy atom. The fourth-order valence-electron chi connectivity index (χ4n) is 2.62. The van der Waals surface area contributed by atoms with E-state index < -0.39 is 0 Å². The van der Waals surface area contributed by atoms with E-state index in [2.05, 4.69) is 31.4 Å². The zero-order chi connectivity index (χ0) is 12.0. The molecule has 0 aromatic rings. The zero-order valence-electron chi connectivity index (χ0n) is 10.9. The molecule has 1 saturated carbocycles. The highest BCUT2D eigenvalue weighted by atomic mass is 32.1. The first-order chi connectivity index (χ1) is 7.67. The van der Waals surface area contributed by atoms with Crippen molar-refractivity contribution in [2.24, 2.45) is 5.92 Å². The molecule has 1 fully saturated rings. The van der Waals surface area contributed by atoms with Crippen LogP contribution in [0, 0.1) is 5.92 Å². The summed E-state index contributed by atoms with van der Waals surface area (Å²) in [6, 6.07) is 1.10. The Labute approximate surface area is 106 Å². The van der Waals surface area contributed by atoms with E-state index in [1.165, 1.54) is 38.5 Å². The molecule has 0 radical (unpaired) electrons. The lowest BCUT2D eigenvalue weighted by Crippen LogP contribution is -2.46. The lowest BCUT2D eigenvalue weighted by molar-refractivity contribution is 0.388. The topological polar surface area (TPSA) is 24.1 Å². The molecule has 1 atom stereocenters. The Bertz CT molecular complexity index is 208. The second kappa shape index (κ2) is 7.10. The largest absolute Gasteiger partial charge is 0.360 e. The predicted octanol–water partition coefficient (Wildman–Crippen LogP) is 3.22. The highest BCUT2D eigenvalue weighted by Gasteiger charge is 2.18. The molecule has 0 aliphatic heterocycles. The van der Waals surface area contributed by atoms with E-state index >= 15 is 0 Å². The molecule has 0 bridgehead atoms. The van der Waals surface area contributed by atoms with Gasteiger partial charge in [0.1, 0.15) is 0 Å². The molecule has 1 unspecified atom stereocenters. The molecule has 1 rings (SSSR count). The van der Waals surface area contributed by atoms with Crippen LogP contribution in [0.5, 0.6) is 0 Å². The first kappa shape index (κ1) is 13.8. The maximum atomic E-state index is 5.36. The van der Waals surface area contributed by atoms with Crippen LogP contribution in [0.2, 0.25) is 0 Å². The van der Waals surface area contributed by atoms with E-state index in [4.69, 9.17) is 12.2 Å². The molecule has 0 saturated heterocycles. The summed E-state index contributed by atoms with van der Waals surface area (Å²) in [5, 5.41) is 7.72. The van der Waals surface area contributed by atoms with Gasteiger partial charge in [-0.2, -0.15) is 0 Å². The van der Waals surface area contributed by atoms with Crippen molar-refractivity contribution in [3.63, 3.8) is 0 Å². The molecule has 0 spiro atoms. The quantitative estimate of drug-likeness (QED) is 0.724. The van der Waals surface area contributed by atoms with Gasteiger partial charge in [0.15, 0.2) is 5.11 Å². The van der Waals surface area contributed by atoms with Crippen LogP contribution in [-0.2, 0) is 0 Å². The van der Waals surface area contributed by atoms with Gasteiger partial charge in [-0.15, -0.1) is 0 Å². The Morgan fingerprint density at radius 3 is 2.31 bits per heavy atom. The molecule has 16 heavy (non-hydrogen) atoms. The summed E-state index contributed by atoms with van der Waals surface area (Å²) < 4.78 is 0. The van der Waals surface area contributed by atoms with Gasteiger partial charge in [-0.3, -0.25) is 0 Å². The number of hydrogen-bond acceptors (Lipinski definition) is 1. The van der Waals surface area contributed by atoms with Gasteiger partial charge in [0.25, 0.3) is 0 Å². The summed E-state index contributed by atoms with van der Waals surface area (Å²) in [5.41, 5.74) is 0. The standard InChI is InChI=1S/C13H26N2S/c1-4-11(5-2)10(3)14-13(16)15-12-8-6-7-9-12/h10-12H,4-9H2,1-3H3,(H2,14,15,16). The highest BCUT2D eigenvalue weighted by Crippen LogP contribution is 2.17. The van der Waals surface area contributed by atoms with Gasteiger partial charge < -0.3 is 10.6 Å². The van der Waals surface area contributed by atoms with E-state index in [1.807, 2.05) is 0 Å². The van der Waals surface area contributed by atoms with E-state index in [0.717, 1.165) is 11.0 Å². The Hall–Kier alpha value is -0.310. The summed E-state index contributed by atoms with van der Waals surface area (Å²) in [6.45, 7) is 6.74. The number of thiocarbonyl (C=S) groups is 1. The van der Waals surface area contributed by atoms with Gasteiger partial charge >= 0.3 is 0 Å². The summed E-state index contributed by atoms with van der Waals surface area (Å²) >= 11 is 5.36. The van der Waals surface area contributed by atoms with Crippen molar-refractivity contribution in [1.29, 1.82) is 0 Å². The predicted molar refractivity (Wildman–Crippen MR) is 74.7 cm³/mol. The summed E-state index contributed by atoms with van der Waals surface area (Å²) in [6.07, 6.45) is 7.69. The van der Waals surface area contributed by atoms with E-state index in [-0.39, 0.29) is 0 Å². The van der Waals surface area contributed by atoms with E-state index in [1.54, 1.807) is 0 Å². The molecule has 2 nitrogen and oxygen atoms in total. The fourth-order valence-corrected chi connectivity index (χ4v) is 2.97. The summed E-state index contributed by atoms with van der Waals surface area (Å²) in [7, 11) is 0. The maximum absolute atomic E-state index is 5.36. The second-order valence-corrected chi connectivity index (χ2v) is 5.37. The third kappa shape index (κ3) is 4.28. The van der Waals surface area contributed by atoms with Gasteiger partial charge in [0.05, 0.1) is 0 Å². The first-order valence-corrected chi connectivity index (χ1v) is 7.15. The molecule has 0 amide bonds. The first-order valence-electron chi connectivity index (χ1n) is 6.74. The van der Waals surface area contributed by atoms with Crippen LogP contribution in [0.15, 0.2) is 0 Å². The van der Waals surface area contributed by atoms with Crippen LogP contribution < -0.4 is 10.6 Å². The fraction of sp³-hybridized carbons (Fsp3) is 0.923. The molecule has 0 heterocycles. The average Bonchev–Trinajstić information content (AvgIpc) is 2.71. The lowest BCUT2D eigenvalue weighted by atomic mass is 9.96. The molecule has 1 aliphatic rings. The number of hydrogen-bond donors (Lipinski definition) is 2.